The zero-order valence-corrected chi connectivity index (χ0v) is 20.4. The molecule has 3 aromatic rings. The Hall–Kier alpha value is -3.39. The maximum atomic E-state index is 13.7. The number of benzene rings is 1. The standard InChI is InChI=1S/C26H33N5O3/c1-18(2)9-13-31-24-23(19(3)25(31)29-12-6-10-27-11-14-29)28-17-30(26(24)33)16-22(32)20-7-5-8-21(15-20)34-4/h5,7-9,15,17,27H,6,10-14,16H2,1-4H3. The maximum Gasteiger partial charge on any atom is 0.278 e. The molecule has 4 rings (SSSR count). The van der Waals surface area contributed by atoms with E-state index in [4.69, 9.17) is 4.74 Å². The van der Waals surface area contributed by atoms with E-state index in [9.17, 15) is 9.59 Å². The Morgan fingerprint density at radius 1 is 1.24 bits per heavy atom. The quantitative estimate of drug-likeness (QED) is 0.428. The van der Waals surface area contributed by atoms with E-state index >= 15 is 0 Å². The number of ether oxygens (including phenoxy) is 1. The molecular weight excluding hydrogens is 430 g/mol. The number of ketones is 1. The molecule has 0 aliphatic carbocycles. The van der Waals surface area contributed by atoms with Crippen LogP contribution >= 0.6 is 0 Å². The van der Waals surface area contributed by atoms with Gasteiger partial charge in [0.25, 0.3) is 5.56 Å². The predicted octanol–water partition coefficient (Wildman–Crippen LogP) is 3.16. The summed E-state index contributed by atoms with van der Waals surface area (Å²) in [4.78, 5) is 33.6. The highest BCUT2D eigenvalue weighted by Gasteiger charge is 2.24. The first-order valence-corrected chi connectivity index (χ1v) is 11.7. The van der Waals surface area contributed by atoms with Gasteiger partial charge in [-0.05, 0) is 45.9 Å². The molecule has 1 aliphatic rings. The number of anilines is 1. The van der Waals surface area contributed by atoms with Gasteiger partial charge in [0, 0.05) is 37.3 Å². The normalized spacial score (nSPS) is 14.2. The molecule has 2 aromatic heterocycles. The van der Waals surface area contributed by atoms with Crippen LogP contribution in [0.15, 0.2) is 47.0 Å². The van der Waals surface area contributed by atoms with Crippen LogP contribution in [0.3, 0.4) is 0 Å². The Labute approximate surface area is 199 Å². The second-order valence-corrected chi connectivity index (χ2v) is 8.96. The zero-order chi connectivity index (χ0) is 24.2. The van der Waals surface area contributed by atoms with Gasteiger partial charge in [0.2, 0.25) is 0 Å². The van der Waals surface area contributed by atoms with E-state index in [-0.39, 0.29) is 17.9 Å². The van der Waals surface area contributed by atoms with Gasteiger partial charge < -0.3 is 19.5 Å². The van der Waals surface area contributed by atoms with Gasteiger partial charge in [0.1, 0.15) is 22.6 Å². The van der Waals surface area contributed by atoms with E-state index in [2.05, 4.69) is 39.7 Å². The average molecular weight is 464 g/mol. The van der Waals surface area contributed by atoms with Gasteiger partial charge in [-0.15, -0.1) is 0 Å². The summed E-state index contributed by atoms with van der Waals surface area (Å²) in [6.45, 7) is 10.3. The van der Waals surface area contributed by atoms with E-state index in [1.807, 2.05) is 6.92 Å². The van der Waals surface area contributed by atoms with Crippen LogP contribution in [-0.4, -0.2) is 53.2 Å². The molecule has 1 aromatic carbocycles. The minimum atomic E-state index is -0.203. The van der Waals surface area contributed by atoms with Crippen molar-refractivity contribution in [1.82, 2.24) is 19.4 Å². The minimum absolute atomic E-state index is 0.0786. The van der Waals surface area contributed by atoms with E-state index in [0.29, 0.717) is 28.9 Å². The first kappa shape index (κ1) is 23.8. The van der Waals surface area contributed by atoms with E-state index in [0.717, 1.165) is 44.0 Å². The number of carbonyl (C=O) groups excluding carboxylic acids is 1. The molecule has 8 nitrogen and oxygen atoms in total. The SMILES string of the molecule is COc1cccc(C(=O)Cn2cnc3c(C)c(N4CCCNCC4)n(CC=C(C)C)c3c2=O)c1. The Kier molecular flexibility index (Phi) is 7.17. The van der Waals surface area contributed by atoms with Gasteiger partial charge in [-0.3, -0.25) is 14.2 Å². The maximum absolute atomic E-state index is 13.7. The van der Waals surface area contributed by atoms with Crippen molar-refractivity contribution in [3.63, 3.8) is 0 Å². The summed E-state index contributed by atoms with van der Waals surface area (Å²) in [7, 11) is 1.56. The van der Waals surface area contributed by atoms with Crippen LogP contribution in [0.4, 0.5) is 5.82 Å². The van der Waals surface area contributed by atoms with Crippen molar-refractivity contribution in [2.24, 2.45) is 0 Å². The van der Waals surface area contributed by atoms with Crippen molar-refractivity contribution in [3.8, 4) is 5.75 Å². The van der Waals surface area contributed by atoms with Crippen LogP contribution in [0.2, 0.25) is 0 Å². The van der Waals surface area contributed by atoms with Crippen molar-refractivity contribution < 1.29 is 9.53 Å². The van der Waals surface area contributed by atoms with Crippen molar-refractivity contribution in [3.05, 3.63) is 63.7 Å². The highest BCUT2D eigenvalue weighted by atomic mass is 16.5. The van der Waals surface area contributed by atoms with E-state index < -0.39 is 0 Å². The molecule has 180 valence electrons. The fourth-order valence-corrected chi connectivity index (χ4v) is 4.48. The fourth-order valence-electron chi connectivity index (χ4n) is 4.48. The number of hydrogen-bond acceptors (Lipinski definition) is 6. The van der Waals surface area contributed by atoms with Gasteiger partial charge in [-0.25, -0.2) is 4.98 Å². The van der Waals surface area contributed by atoms with Gasteiger partial charge >= 0.3 is 0 Å². The molecule has 1 aliphatic heterocycles. The number of aryl methyl sites for hydroxylation is 1. The largest absolute Gasteiger partial charge is 0.497 e. The molecule has 34 heavy (non-hydrogen) atoms. The van der Waals surface area contributed by atoms with Crippen LogP contribution in [0, 0.1) is 6.92 Å². The number of nitrogens with one attached hydrogen (secondary N) is 1. The number of nitrogens with zero attached hydrogens (tertiary/aromatic N) is 4. The first-order chi connectivity index (χ1) is 16.4. The fraction of sp³-hybridized carbons (Fsp3) is 0.423. The Bertz CT molecular complexity index is 1280. The summed E-state index contributed by atoms with van der Waals surface area (Å²) in [5.41, 5.74) is 3.72. The van der Waals surface area contributed by atoms with Crippen LogP contribution in [0.25, 0.3) is 11.0 Å². The van der Waals surface area contributed by atoms with Crippen molar-refractivity contribution >= 4 is 22.6 Å². The highest BCUT2D eigenvalue weighted by molar-refractivity contribution is 5.96. The summed E-state index contributed by atoms with van der Waals surface area (Å²) in [6.07, 6.45) is 4.65. The van der Waals surface area contributed by atoms with E-state index in [1.54, 1.807) is 31.4 Å². The number of methoxy groups -OCH3 is 1. The number of hydrogen-bond donors (Lipinski definition) is 1. The molecule has 0 saturated carbocycles. The molecule has 0 bridgehead atoms. The lowest BCUT2D eigenvalue weighted by atomic mass is 10.1. The number of fused-ring (bicyclic) bond motifs is 1. The molecule has 1 fully saturated rings. The lowest BCUT2D eigenvalue weighted by Crippen LogP contribution is -2.31. The number of aromatic nitrogens is 3. The third-order valence-corrected chi connectivity index (χ3v) is 6.26. The molecule has 0 atom stereocenters. The minimum Gasteiger partial charge on any atom is -0.497 e. The zero-order valence-electron chi connectivity index (χ0n) is 20.4. The topological polar surface area (TPSA) is 81.4 Å². The Balaban J connectivity index is 1.79. The van der Waals surface area contributed by atoms with Gasteiger partial charge in [-0.2, -0.15) is 0 Å². The number of Topliss-reactive ketones (excluding diaryl/α,β-unsaturated/α-hetero) is 1. The monoisotopic (exact) mass is 463 g/mol. The first-order valence-electron chi connectivity index (χ1n) is 11.7. The molecule has 3 heterocycles. The summed E-state index contributed by atoms with van der Waals surface area (Å²) in [6, 6.07) is 6.98. The molecule has 0 spiro atoms. The van der Waals surface area contributed by atoms with Crippen LogP contribution in [-0.2, 0) is 13.1 Å². The number of allylic oxidation sites excluding steroid dienone is 2. The third-order valence-electron chi connectivity index (χ3n) is 6.26. The van der Waals surface area contributed by atoms with Crippen LogP contribution < -0.4 is 20.5 Å². The van der Waals surface area contributed by atoms with Gasteiger partial charge in [0.05, 0.1) is 20.0 Å². The van der Waals surface area contributed by atoms with Gasteiger partial charge in [-0.1, -0.05) is 23.8 Å². The lowest BCUT2D eigenvalue weighted by molar-refractivity contribution is 0.0970. The second kappa shape index (κ2) is 10.3. The third kappa shape index (κ3) is 4.77. The van der Waals surface area contributed by atoms with Crippen molar-refractivity contribution in [2.45, 2.75) is 40.3 Å². The molecule has 0 amide bonds. The molecule has 1 saturated heterocycles. The van der Waals surface area contributed by atoms with Crippen molar-refractivity contribution in [2.75, 3.05) is 38.2 Å². The Morgan fingerprint density at radius 3 is 2.82 bits per heavy atom. The summed E-state index contributed by atoms with van der Waals surface area (Å²) >= 11 is 0. The lowest BCUT2D eigenvalue weighted by Gasteiger charge is -2.25. The molecule has 8 heteroatoms. The average Bonchev–Trinajstić information content (AvgIpc) is 2.98. The Morgan fingerprint density at radius 2 is 2.06 bits per heavy atom. The van der Waals surface area contributed by atoms with Crippen LogP contribution in [0.1, 0.15) is 36.2 Å². The van der Waals surface area contributed by atoms with Gasteiger partial charge in [0.15, 0.2) is 5.78 Å². The van der Waals surface area contributed by atoms with Crippen molar-refractivity contribution in [1.29, 1.82) is 0 Å². The predicted molar refractivity (Wildman–Crippen MR) is 135 cm³/mol. The van der Waals surface area contributed by atoms with Crippen LogP contribution in [0.5, 0.6) is 5.75 Å². The number of carbonyl (C=O) groups is 1. The summed E-state index contributed by atoms with van der Waals surface area (Å²) < 4.78 is 8.72. The highest BCUT2D eigenvalue weighted by Crippen LogP contribution is 2.30. The summed E-state index contributed by atoms with van der Waals surface area (Å²) in [5.74, 6) is 1.48. The molecular formula is C26H33N5O3. The smallest absolute Gasteiger partial charge is 0.278 e. The number of rotatable bonds is 7. The molecule has 1 N–H and O–H groups in total. The molecule has 0 radical (unpaired) electrons. The van der Waals surface area contributed by atoms with E-state index in [1.165, 1.54) is 16.5 Å². The summed E-state index contributed by atoms with van der Waals surface area (Å²) in [5, 5.41) is 3.44. The second-order valence-electron chi connectivity index (χ2n) is 8.96. The molecule has 0 unspecified atom stereocenters.